The standard InChI is InChI=1S/C8H20O7P2S/c1-3-5-6-8(4-2)7-13-17(12,18)15-14-16(9,10)11/h8H,3-7H2,1-2H3,(H,12,18)(H2,9,10,11). The molecular weight excluding hydrogens is 302 g/mol. The summed E-state index contributed by atoms with van der Waals surface area (Å²) in [6, 6.07) is 0. The zero-order chi connectivity index (χ0) is 14.2. The molecule has 0 aliphatic heterocycles. The number of hydrogen-bond acceptors (Lipinski definition) is 5. The van der Waals surface area contributed by atoms with Gasteiger partial charge in [-0.15, -0.1) is 9.35 Å². The van der Waals surface area contributed by atoms with Crippen molar-refractivity contribution in [3.63, 3.8) is 0 Å². The van der Waals surface area contributed by atoms with Crippen molar-refractivity contribution >= 4 is 26.3 Å². The van der Waals surface area contributed by atoms with E-state index in [0.717, 1.165) is 25.7 Å². The summed E-state index contributed by atoms with van der Waals surface area (Å²) < 4.78 is 23.1. The summed E-state index contributed by atoms with van der Waals surface area (Å²) in [5.74, 6) is 0.220. The Morgan fingerprint density at radius 2 is 1.83 bits per heavy atom. The minimum Gasteiger partial charge on any atom is -0.323 e. The molecule has 0 spiro atoms. The van der Waals surface area contributed by atoms with Gasteiger partial charge < -0.3 is 19.2 Å². The quantitative estimate of drug-likeness (QED) is 0.320. The Balaban J connectivity index is 4.07. The Bertz CT molecular complexity index is 319. The Morgan fingerprint density at radius 1 is 1.22 bits per heavy atom. The minimum atomic E-state index is -4.84. The molecule has 0 aliphatic rings. The lowest BCUT2D eigenvalue weighted by Crippen LogP contribution is -2.08. The van der Waals surface area contributed by atoms with Gasteiger partial charge in [0.1, 0.15) is 0 Å². The molecule has 2 atom stereocenters. The third kappa shape index (κ3) is 10.6. The maximum atomic E-state index is 10.4. The van der Waals surface area contributed by atoms with Gasteiger partial charge in [0.2, 0.25) is 0 Å². The highest BCUT2D eigenvalue weighted by atomic mass is 32.5. The van der Waals surface area contributed by atoms with Crippen molar-refractivity contribution in [2.24, 2.45) is 5.92 Å². The maximum Gasteiger partial charge on any atom is 0.497 e. The molecule has 0 heterocycles. The molecule has 3 N–H and O–H groups in total. The molecule has 0 aromatic rings. The summed E-state index contributed by atoms with van der Waals surface area (Å²) in [6.07, 6.45) is 3.88. The van der Waals surface area contributed by atoms with E-state index >= 15 is 0 Å². The smallest absolute Gasteiger partial charge is 0.323 e. The molecule has 0 saturated carbocycles. The summed E-state index contributed by atoms with van der Waals surface area (Å²) in [6.45, 7) is 0.460. The summed E-state index contributed by atoms with van der Waals surface area (Å²) in [7, 11) is -4.84. The monoisotopic (exact) mass is 322 g/mol. The Morgan fingerprint density at radius 3 is 2.28 bits per heavy atom. The van der Waals surface area contributed by atoms with Crippen molar-refractivity contribution in [3.05, 3.63) is 0 Å². The van der Waals surface area contributed by atoms with E-state index in [2.05, 4.69) is 28.1 Å². The van der Waals surface area contributed by atoms with E-state index < -0.39 is 14.5 Å². The number of unbranched alkanes of at least 4 members (excludes halogenated alkanes) is 1. The van der Waals surface area contributed by atoms with Crippen LogP contribution in [0, 0.1) is 5.92 Å². The van der Waals surface area contributed by atoms with Crippen LogP contribution in [0.1, 0.15) is 39.5 Å². The van der Waals surface area contributed by atoms with Crippen molar-refractivity contribution in [3.8, 4) is 0 Å². The maximum absolute atomic E-state index is 10.4. The molecule has 0 fully saturated rings. The first-order chi connectivity index (χ1) is 8.20. The van der Waals surface area contributed by atoms with E-state index in [1.165, 1.54) is 0 Å². The first-order valence-corrected chi connectivity index (χ1v) is 9.73. The number of phosphoric acid groups is 1. The van der Waals surface area contributed by atoms with Crippen LogP contribution in [-0.2, 0) is 30.2 Å². The second kappa shape index (κ2) is 8.74. The van der Waals surface area contributed by atoms with Crippen molar-refractivity contribution in [2.75, 3.05) is 6.61 Å². The van der Waals surface area contributed by atoms with E-state index in [-0.39, 0.29) is 12.5 Å². The molecule has 2 unspecified atom stereocenters. The zero-order valence-electron chi connectivity index (χ0n) is 10.4. The summed E-state index contributed by atoms with van der Waals surface area (Å²) in [5, 5.41) is 0. The summed E-state index contributed by atoms with van der Waals surface area (Å²) in [4.78, 5) is 26.2. The average molecular weight is 322 g/mol. The molecule has 0 rings (SSSR count). The molecule has 110 valence electrons. The van der Waals surface area contributed by atoms with E-state index in [1.54, 1.807) is 0 Å². The van der Waals surface area contributed by atoms with Gasteiger partial charge in [0, 0.05) is 0 Å². The van der Waals surface area contributed by atoms with Gasteiger partial charge in [-0.05, 0) is 24.1 Å². The third-order valence-electron chi connectivity index (χ3n) is 2.24. The Hall–Kier alpha value is 0.640. The predicted octanol–water partition coefficient (Wildman–Crippen LogP) is 2.48. The Labute approximate surface area is 112 Å². The normalized spacial score (nSPS) is 17.4. The van der Waals surface area contributed by atoms with Crippen LogP contribution in [0.5, 0.6) is 0 Å². The highest BCUT2D eigenvalue weighted by Gasteiger charge is 2.25. The van der Waals surface area contributed by atoms with Crippen molar-refractivity contribution in [2.45, 2.75) is 39.5 Å². The van der Waals surface area contributed by atoms with Gasteiger partial charge in [-0.3, -0.25) is 0 Å². The molecule has 7 nitrogen and oxygen atoms in total. The van der Waals surface area contributed by atoms with Gasteiger partial charge in [-0.2, -0.15) is 0 Å². The van der Waals surface area contributed by atoms with Gasteiger partial charge in [-0.25, -0.2) is 4.57 Å². The topological polar surface area (TPSA) is 105 Å². The van der Waals surface area contributed by atoms with Crippen LogP contribution in [0.2, 0.25) is 0 Å². The van der Waals surface area contributed by atoms with E-state index in [9.17, 15) is 9.46 Å². The van der Waals surface area contributed by atoms with Crippen LogP contribution in [0.15, 0.2) is 0 Å². The molecular formula is C8H20O7P2S. The molecule has 0 aromatic heterocycles. The highest BCUT2D eigenvalue weighted by Crippen LogP contribution is 2.50. The lowest BCUT2D eigenvalue weighted by molar-refractivity contribution is -0.136. The van der Waals surface area contributed by atoms with Crippen molar-refractivity contribution < 1.29 is 33.1 Å². The molecule has 0 aromatic carbocycles. The first kappa shape index (κ1) is 18.6. The van der Waals surface area contributed by atoms with E-state index in [0.29, 0.717) is 0 Å². The lowest BCUT2D eigenvalue weighted by atomic mass is 10.0. The molecule has 0 saturated heterocycles. The molecule has 0 radical (unpaired) electrons. The van der Waals surface area contributed by atoms with Gasteiger partial charge >= 0.3 is 14.5 Å². The molecule has 0 bridgehead atoms. The van der Waals surface area contributed by atoms with Crippen LogP contribution < -0.4 is 0 Å². The van der Waals surface area contributed by atoms with Crippen LogP contribution in [-0.4, -0.2) is 21.3 Å². The van der Waals surface area contributed by atoms with Gasteiger partial charge in [-0.1, -0.05) is 33.1 Å². The molecule has 0 aliphatic carbocycles. The van der Waals surface area contributed by atoms with E-state index in [1.807, 2.05) is 6.92 Å². The fourth-order valence-electron chi connectivity index (χ4n) is 1.20. The number of rotatable bonds is 10. The van der Waals surface area contributed by atoms with Gasteiger partial charge in [0.05, 0.1) is 6.61 Å². The van der Waals surface area contributed by atoms with Crippen molar-refractivity contribution in [1.82, 2.24) is 0 Å². The number of hydrogen-bond donors (Lipinski definition) is 3. The first-order valence-electron chi connectivity index (χ1n) is 5.61. The van der Waals surface area contributed by atoms with E-state index in [4.69, 9.17) is 14.3 Å². The predicted molar refractivity (Wildman–Crippen MR) is 70.0 cm³/mol. The third-order valence-corrected chi connectivity index (χ3v) is 3.86. The lowest BCUT2D eigenvalue weighted by Gasteiger charge is -2.19. The molecule has 0 amide bonds. The van der Waals surface area contributed by atoms with Crippen LogP contribution in [0.25, 0.3) is 0 Å². The van der Waals surface area contributed by atoms with Crippen LogP contribution in [0.4, 0.5) is 0 Å². The van der Waals surface area contributed by atoms with Crippen molar-refractivity contribution in [1.29, 1.82) is 0 Å². The molecule has 18 heavy (non-hydrogen) atoms. The minimum absolute atomic E-state index is 0.175. The van der Waals surface area contributed by atoms with Gasteiger partial charge in [0.25, 0.3) is 0 Å². The van der Waals surface area contributed by atoms with Crippen LogP contribution >= 0.6 is 14.5 Å². The second-order valence-corrected chi connectivity index (χ2v) is 7.68. The Kier molecular flexibility index (Phi) is 9.05. The molecule has 10 heteroatoms. The summed E-state index contributed by atoms with van der Waals surface area (Å²) >= 11 is 4.54. The fourth-order valence-corrected chi connectivity index (χ4v) is 2.76. The summed E-state index contributed by atoms with van der Waals surface area (Å²) in [5.41, 5.74) is 0. The average Bonchev–Trinajstić information content (AvgIpc) is 2.26. The largest absolute Gasteiger partial charge is 0.497 e. The highest BCUT2D eigenvalue weighted by molar-refractivity contribution is 8.07. The van der Waals surface area contributed by atoms with Crippen LogP contribution in [0.3, 0.4) is 0 Å². The SMILES string of the molecule is CCCCC(CC)COP(O)(=S)OOP(=O)(O)O. The van der Waals surface area contributed by atoms with Gasteiger partial charge in [0.15, 0.2) is 0 Å². The second-order valence-electron chi connectivity index (χ2n) is 3.82. The zero-order valence-corrected chi connectivity index (χ0v) is 13.0. The fraction of sp³-hybridized carbons (Fsp3) is 1.00.